The maximum absolute atomic E-state index is 14.4. The molecule has 4 nitrogen and oxygen atoms in total. The van der Waals surface area contributed by atoms with Crippen LogP contribution in [-0.2, 0) is 6.54 Å². The highest BCUT2D eigenvalue weighted by molar-refractivity contribution is 6.08. The Hall–Kier alpha value is -3.35. The smallest absolute Gasteiger partial charge is 0.186 e. The van der Waals surface area contributed by atoms with Crippen LogP contribution < -0.4 is 4.74 Å². The number of rotatable bonds is 10. The number of allylic oxidation sites excluding steroid dienone is 1. The van der Waals surface area contributed by atoms with Gasteiger partial charge in [0.25, 0.3) is 0 Å². The van der Waals surface area contributed by atoms with Crippen molar-refractivity contribution < 1.29 is 18.3 Å². The molecule has 3 rings (SSSR count). The SMILES string of the molecule is CN(C)CCOc1ccc(-c2c(F)cccc2F)cc1C=CC(=O)c1ccccc1CN(C)C. The first-order chi connectivity index (χ1) is 16.3. The number of halogens is 2. The van der Waals surface area contributed by atoms with Crippen LogP contribution in [-0.4, -0.2) is 56.9 Å². The third kappa shape index (κ3) is 6.59. The summed E-state index contributed by atoms with van der Waals surface area (Å²) in [4.78, 5) is 17.0. The molecule has 0 fully saturated rings. The van der Waals surface area contributed by atoms with Gasteiger partial charge >= 0.3 is 0 Å². The van der Waals surface area contributed by atoms with Crippen LogP contribution >= 0.6 is 0 Å². The third-order valence-corrected chi connectivity index (χ3v) is 5.24. The molecule has 0 saturated heterocycles. The number of nitrogens with zero attached hydrogens (tertiary/aromatic N) is 2. The van der Waals surface area contributed by atoms with E-state index in [0.717, 1.165) is 5.56 Å². The van der Waals surface area contributed by atoms with Gasteiger partial charge in [0.2, 0.25) is 0 Å². The van der Waals surface area contributed by atoms with E-state index in [1.165, 1.54) is 24.3 Å². The van der Waals surface area contributed by atoms with Crippen LogP contribution in [0.15, 0.2) is 66.7 Å². The van der Waals surface area contributed by atoms with Crippen LogP contribution in [0, 0.1) is 11.6 Å². The van der Waals surface area contributed by atoms with Crippen molar-refractivity contribution >= 4 is 11.9 Å². The van der Waals surface area contributed by atoms with E-state index in [4.69, 9.17) is 4.74 Å². The van der Waals surface area contributed by atoms with Crippen LogP contribution in [0.4, 0.5) is 8.78 Å². The number of benzene rings is 3. The normalized spacial score (nSPS) is 11.5. The third-order valence-electron chi connectivity index (χ3n) is 5.24. The highest BCUT2D eigenvalue weighted by atomic mass is 19.1. The number of ketones is 1. The Morgan fingerprint density at radius 3 is 2.29 bits per heavy atom. The molecule has 0 heterocycles. The minimum Gasteiger partial charge on any atom is -0.492 e. The Bertz CT molecular complexity index is 1150. The summed E-state index contributed by atoms with van der Waals surface area (Å²) in [6.07, 6.45) is 3.12. The van der Waals surface area contributed by atoms with Crippen molar-refractivity contribution in [2.75, 3.05) is 41.3 Å². The van der Waals surface area contributed by atoms with Crippen molar-refractivity contribution in [3.8, 4) is 16.9 Å². The number of hydrogen-bond acceptors (Lipinski definition) is 4. The van der Waals surface area contributed by atoms with E-state index in [1.54, 1.807) is 30.3 Å². The van der Waals surface area contributed by atoms with Crippen molar-refractivity contribution in [2.45, 2.75) is 6.54 Å². The molecule has 0 radical (unpaired) electrons. The van der Waals surface area contributed by atoms with Crippen LogP contribution in [0.5, 0.6) is 5.75 Å². The van der Waals surface area contributed by atoms with Crippen LogP contribution in [0.2, 0.25) is 0 Å². The van der Waals surface area contributed by atoms with Gasteiger partial charge in [0.1, 0.15) is 24.0 Å². The van der Waals surface area contributed by atoms with Gasteiger partial charge in [-0.25, -0.2) is 8.78 Å². The summed E-state index contributed by atoms with van der Waals surface area (Å²) >= 11 is 0. The van der Waals surface area contributed by atoms with Gasteiger partial charge in [-0.2, -0.15) is 0 Å². The summed E-state index contributed by atoms with van der Waals surface area (Å²) in [6.45, 7) is 1.77. The van der Waals surface area contributed by atoms with E-state index in [9.17, 15) is 13.6 Å². The second-order valence-electron chi connectivity index (χ2n) is 8.59. The zero-order valence-electron chi connectivity index (χ0n) is 20.0. The lowest BCUT2D eigenvalue weighted by Crippen LogP contribution is -2.19. The number of carbonyl (C=O) groups excluding carboxylic acids is 1. The molecule has 0 aliphatic rings. The largest absolute Gasteiger partial charge is 0.492 e. The second-order valence-corrected chi connectivity index (χ2v) is 8.59. The van der Waals surface area contributed by atoms with E-state index in [1.807, 2.05) is 56.2 Å². The average molecular weight is 465 g/mol. The molecule has 0 spiro atoms. The molecular formula is C28H30F2N2O2. The molecule has 0 aliphatic heterocycles. The minimum absolute atomic E-state index is 0.111. The quantitative estimate of drug-likeness (QED) is 0.292. The fourth-order valence-corrected chi connectivity index (χ4v) is 3.57. The van der Waals surface area contributed by atoms with E-state index in [0.29, 0.717) is 42.1 Å². The topological polar surface area (TPSA) is 32.8 Å². The Morgan fingerprint density at radius 2 is 1.62 bits per heavy atom. The molecule has 6 heteroatoms. The zero-order chi connectivity index (χ0) is 24.7. The highest BCUT2D eigenvalue weighted by Gasteiger charge is 2.14. The monoisotopic (exact) mass is 464 g/mol. The Kier molecular flexibility index (Phi) is 8.68. The maximum Gasteiger partial charge on any atom is 0.186 e. The molecule has 0 aliphatic carbocycles. The van der Waals surface area contributed by atoms with Crippen LogP contribution in [0.3, 0.4) is 0 Å². The summed E-state index contributed by atoms with van der Waals surface area (Å²) in [5.41, 5.74) is 2.36. The lowest BCUT2D eigenvalue weighted by molar-refractivity contribution is 0.104. The van der Waals surface area contributed by atoms with E-state index in [-0.39, 0.29) is 11.3 Å². The van der Waals surface area contributed by atoms with E-state index in [2.05, 4.69) is 0 Å². The van der Waals surface area contributed by atoms with Crippen molar-refractivity contribution in [1.29, 1.82) is 0 Å². The van der Waals surface area contributed by atoms with Gasteiger partial charge in [-0.15, -0.1) is 0 Å². The van der Waals surface area contributed by atoms with Gasteiger partial charge < -0.3 is 14.5 Å². The van der Waals surface area contributed by atoms with Crippen LogP contribution in [0.1, 0.15) is 21.5 Å². The molecule has 3 aromatic rings. The Labute approximate surface area is 200 Å². The van der Waals surface area contributed by atoms with Crippen molar-refractivity contribution in [1.82, 2.24) is 9.80 Å². The predicted octanol–water partition coefficient (Wildman–Crippen LogP) is 5.53. The number of hydrogen-bond donors (Lipinski definition) is 0. The number of likely N-dealkylation sites (N-methyl/N-ethyl adjacent to an activating group) is 1. The summed E-state index contributed by atoms with van der Waals surface area (Å²) in [5, 5.41) is 0. The molecule has 0 bridgehead atoms. The molecule has 0 aromatic heterocycles. The van der Waals surface area contributed by atoms with Gasteiger partial charge in [0.15, 0.2) is 5.78 Å². The van der Waals surface area contributed by atoms with Gasteiger partial charge in [-0.3, -0.25) is 4.79 Å². The molecule has 0 amide bonds. The van der Waals surface area contributed by atoms with Gasteiger partial charge in [-0.1, -0.05) is 36.4 Å². The van der Waals surface area contributed by atoms with Crippen LogP contribution in [0.25, 0.3) is 17.2 Å². The molecule has 34 heavy (non-hydrogen) atoms. The molecule has 3 aromatic carbocycles. The van der Waals surface area contributed by atoms with Gasteiger partial charge in [0, 0.05) is 24.2 Å². The lowest BCUT2D eigenvalue weighted by Gasteiger charge is -2.15. The molecule has 0 N–H and O–H groups in total. The van der Waals surface area contributed by atoms with Crippen molar-refractivity contribution in [3.05, 3.63) is 95.1 Å². The first kappa shape index (κ1) is 25.3. The highest BCUT2D eigenvalue weighted by Crippen LogP contribution is 2.31. The molecule has 0 atom stereocenters. The number of ether oxygens (including phenoxy) is 1. The molecule has 178 valence electrons. The maximum atomic E-state index is 14.4. The van der Waals surface area contributed by atoms with Crippen molar-refractivity contribution in [3.63, 3.8) is 0 Å². The fraction of sp³-hybridized carbons (Fsp3) is 0.250. The number of carbonyl (C=O) groups is 1. The summed E-state index contributed by atoms with van der Waals surface area (Å²) in [6, 6.07) is 16.2. The molecule has 0 unspecified atom stereocenters. The average Bonchev–Trinajstić information content (AvgIpc) is 2.78. The lowest BCUT2D eigenvalue weighted by atomic mass is 9.99. The summed E-state index contributed by atoms with van der Waals surface area (Å²) in [7, 11) is 7.78. The Balaban J connectivity index is 1.97. The first-order valence-electron chi connectivity index (χ1n) is 11.1. The fourth-order valence-electron chi connectivity index (χ4n) is 3.57. The second kappa shape index (κ2) is 11.7. The van der Waals surface area contributed by atoms with Gasteiger partial charge in [-0.05, 0) is 75.7 Å². The minimum atomic E-state index is -0.648. The van der Waals surface area contributed by atoms with E-state index >= 15 is 0 Å². The zero-order valence-corrected chi connectivity index (χ0v) is 20.0. The summed E-state index contributed by atoms with van der Waals surface area (Å²) in [5.74, 6) is -0.915. The predicted molar refractivity (Wildman–Crippen MR) is 133 cm³/mol. The summed E-state index contributed by atoms with van der Waals surface area (Å²) < 4.78 is 34.7. The standard InChI is InChI=1S/C28H30F2N2O2/c1-31(2)16-17-34-27-15-13-21(28-24(29)10-7-11-25(28)30)18-20(27)12-14-26(33)23-9-6-5-8-22(23)19-32(3)4/h5-15,18H,16-17,19H2,1-4H3. The molecular weight excluding hydrogens is 434 g/mol. The van der Waals surface area contributed by atoms with Crippen molar-refractivity contribution in [2.24, 2.45) is 0 Å². The Morgan fingerprint density at radius 1 is 0.912 bits per heavy atom. The van der Waals surface area contributed by atoms with Gasteiger partial charge in [0.05, 0.1) is 5.56 Å². The first-order valence-corrected chi connectivity index (χ1v) is 11.1. The molecule has 0 saturated carbocycles. The van der Waals surface area contributed by atoms with E-state index < -0.39 is 11.6 Å².